The van der Waals surface area contributed by atoms with E-state index in [4.69, 9.17) is 0 Å². The van der Waals surface area contributed by atoms with Gasteiger partial charge in [-0.3, -0.25) is 9.59 Å². The van der Waals surface area contributed by atoms with Crippen LogP contribution in [0.5, 0.6) is 5.75 Å². The van der Waals surface area contributed by atoms with Gasteiger partial charge in [0.2, 0.25) is 0 Å². The number of nitrogens with one attached hydrogen (secondary N) is 2. The van der Waals surface area contributed by atoms with Crippen LogP contribution in [0.15, 0.2) is 48.5 Å². The van der Waals surface area contributed by atoms with Gasteiger partial charge in [-0.15, -0.1) is 0 Å². The summed E-state index contributed by atoms with van der Waals surface area (Å²) in [4.78, 5) is 27.5. The monoisotopic (exact) mass is 368 g/mol. The second-order valence-corrected chi connectivity index (χ2v) is 6.98. The van der Waals surface area contributed by atoms with Crippen molar-refractivity contribution in [1.82, 2.24) is 0 Å². The number of para-hydroxylation sites is 2. The van der Waals surface area contributed by atoms with Crippen LogP contribution in [0, 0.1) is 0 Å². The van der Waals surface area contributed by atoms with Crippen LogP contribution < -0.4 is 15.1 Å². The molecule has 0 aliphatic carbocycles. The molecule has 142 valence electrons. The van der Waals surface area contributed by atoms with Gasteiger partial charge in [0.25, 0.3) is 5.91 Å². The molecule has 6 nitrogen and oxygen atoms in total. The fourth-order valence-electron chi connectivity index (χ4n) is 3.45. The van der Waals surface area contributed by atoms with Gasteiger partial charge in [0.15, 0.2) is 11.8 Å². The predicted octanol–water partition coefficient (Wildman–Crippen LogP) is 1.33. The predicted molar refractivity (Wildman–Crippen MR) is 106 cm³/mol. The maximum Gasteiger partial charge on any atom is 0.282 e. The highest BCUT2D eigenvalue weighted by Crippen LogP contribution is 2.26. The number of aromatic hydroxyl groups is 1. The molecule has 3 N–H and O–H groups in total. The van der Waals surface area contributed by atoms with E-state index >= 15 is 0 Å². The summed E-state index contributed by atoms with van der Waals surface area (Å²) in [5.74, 6) is 0.212. The number of nitrogens with zero attached hydrogens (tertiary/aromatic N) is 1. The molecule has 6 heteroatoms. The Bertz CT molecular complexity index is 829. The van der Waals surface area contributed by atoms with Gasteiger partial charge in [-0.05, 0) is 38.1 Å². The Hall–Kier alpha value is -2.86. The summed E-state index contributed by atoms with van der Waals surface area (Å²) in [6.45, 7) is 6.63. The highest BCUT2D eigenvalue weighted by molar-refractivity contribution is 5.97. The molecule has 2 aromatic rings. The zero-order chi connectivity index (χ0) is 19.4. The largest absolute Gasteiger partial charge is 0.506 e. The molecule has 1 aliphatic rings. The van der Waals surface area contributed by atoms with Gasteiger partial charge in [0.05, 0.1) is 31.9 Å². The van der Waals surface area contributed by atoms with Crippen molar-refractivity contribution in [3.8, 4) is 5.75 Å². The summed E-state index contributed by atoms with van der Waals surface area (Å²) in [6, 6.07) is 14.2. The number of benzene rings is 2. The first-order valence-electron chi connectivity index (χ1n) is 9.25. The summed E-state index contributed by atoms with van der Waals surface area (Å²) in [7, 11) is 0. The first-order valence-corrected chi connectivity index (χ1v) is 9.25. The van der Waals surface area contributed by atoms with Gasteiger partial charge in [-0.2, -0.15) is 0 Å². The van der Waals surface area contributed by atoms with Crippen LogP contribution in [0.1, 0.15) is 24.2 Å². The Morgan fingerprint density at radius 1 is 1.11 bits per heavy atom. The van der Waals surface area contributed by atoms with Crippen molar-refractivity contribution >= 4 is 23.1 Å². The Morgan fingerprint density at radius 3 is 2.48 bits per heavy atom. The minimum atomic E-state index is -0.197. The van der Waals surface area contributed by atoms with Crippen LogP contribution in [-0.4, -0.2) is 49.0 Å². The number of ketones is 1. The van der Waals surface area contributed by atoms with Crippen molar-refractivity contribution in [2.24, 2.45) is 0 Å². The van der Waals surface area contributed by atoms with E-state index < -0.39 is 0 Å². The number of Topliss-reactive ketones (excluding diaryl/α,β-unsaturated/α-hetero) is 1. The van der Waals surface area contributed by atoms with Gasteiger partial charge in [-0.25, -0.2) is 0 Å². The van der Waals surface area contributed by atoms with Crippen molar-refractivity contribution in [1.29, 1.82) is 0 Å². The Balaban J connectivity index is 1.58. The van der Waals surface area contributed by atoms with Gasteiger partial charge in [0.1, 0.15) is 5.75 Å². The Kier molecular flexibility index (Phi) is 5.76. The number of amides is 1. The van der Waals surface area contributed by atoms with Gasteiger partial charge < -0.3 is 20.2 Å². The molecule has 27 heavy (non-hydrogen) atoms. The second-order valence-electron chi connectivity index (χ2n) is 6.98. The van der Waals surface area contributed by atoms with Crippen LogP contribution in [0.4, 0.5) is 11.4 Å². The summed E-state index contributed by atoms with van der Waals surface area (Å²) in [5.41, 5.74) is 2.07. The van der Waals surface area contributed by atoms with E-state index in [9.17, 15) is 14.7 Å². The standard InChI is InChI=1S/C21H25N3O3/c1-15(21(27)22-18-7-5-6-17(14-18)16(2)25)23-10-12-24(13-11-23)19-8-3-4-9-20(19)26/h3-9,14-15,26H,10-13H2,1-2H3,(H,22,27)/p+1/t15-/m1/s1. The van der Waals surface area contributed by atoms with Crippen molar-refractivity contribution in [3.63, 3.8) is 0 Å². The molecule has 0 unspecified atom stereocenters. The maximum absolute atomic E-state index is 12.6. The number of carbonyl (C=O) groups is 2. The molecule has 3 rings (SSSR count). The summed E-state index contributed by atoms with van der Waals surface area (Å²) in [6.07, 6.45) is 0. The lowest BCUT2D eigenvalue weighted by molar-refractivity contribution is -0.914. The molecule has 1 heterocycles. The number of phenolic OH excluding ortho intramolecular Hbond substituents is 1. The lowest BCUT2D eigenvalue weighted by atomic mass is 10.1. The van der Waals surface area contributed by atoms with Crippen molar-refractivity contribution in [3.05, 3.63) is 54.1 Å². The quantitative estimate of drug-likeness (QED) is 0.696. The first kappa shape index (κ1) is 18.9. The van der Waals surface area contributed by atoms with E-state index in [1.165, 1.54) is 11.8 Å². The summed E-state index contributed by atoms with van der Waals surface area (Å²) >= 11 is 0. The molecule has 0 bridgehead atoms. The molecule has 1 amide bonds. The molecular weight excluding hydrogens is 342 g/mol. The maximum atomic E-state index is 12.6. The van der Waals surface area contributed by atoms with Gasteiger partial charge in [0, 0.05) is 11.3 Å². The van der Waals surface area contributed by atoms with Gasteiger partial charge in [-0.1, -0.05) is 24.3 Å². The van der Waals surface area contributed by atoms with E-state index in [0.717, 1.165) is 31.9 Å². The summed E-state index contributed by atoms with van der Waals surface area (Å²) < 4.78 is 0. The smallest absolute Gasteiger partial charge is 0.282 e. The average molecular weight is 368 g/mol. The van der Waals surface area contributed by atoms with Crippen molar-refractivity contribution < 1.29 is 19.6 Å². The molecule has 1 fully saturated rings. The van der Waals surface area contributed by atoms with E-state index in [0.29, 0.717) is 11.3 Å². The zero-order valence-corrected chi connectivity index (χ0v) is 15.7. The third-order valence-electron chi connectivity index (χ3n) is 5.17. The molecule has 1 aliphatic heterocycles. The van der Waals surface area contributed by atoms with E-state index in [1.54, 1.807) is 30.3 Å². The number of rotatable bonds is 5. The molecule has 0 radical (unpaired) electrons. The number of piperazine rings is 1. The number of phenols is 1. The molecule has 1 atom stereocenters. The topological polar surface area (TPSA) is 74.1 Å². The van der Waals surface area contributed by atoms with Crippen molar-refractivity contribution in [2.45, 2.75) is 19.9 Å². The third kappa shape index (κ3) is 4.46. The van der Waals surface area contributed by atoms with E-state index in [2.05, 4.69) is 10.2 Å². The average Bonchev–Trinajstić information content (AvgIpc) is 2.68. The number of anilines is 2. The zero-order valence-electron chi connectivity index (χ0n) is 15.7. The van der Waals surface area contributed by atoms with Gasteiger partial charge >= 0.3 is 0 Å². The number of hydrogen-bond acceptors (Lipinski definition) is 4. The molecule has 2 aromatic carbocycles. The number of quaternary nitrogens is 1. The van der Waals surface area contributed by atoms with Crippen LogP contribution in [0.2, 0.25) is 0 Å². The van der Waals surface area contributed by atoms with E-state index in [-0.39, 0.29) is 23.5 Å². The molecule has 0 spiro atoms. The Morgan fingerprint density at radius 2 is 1.81 bits per heavy atom. The molecule has 0 saturated carbocycles. The fourth-order valence-corrected chi connectivity index (χ4v) is 3.45. The van der Waals surface area contributed by atoms with Crippen LogP contribution in [0.25, 0.3) is 0 Å². The lowest BCUT2D eigenvalue weighted by Gasteiger charge is -2.36. The molecular formula is C21H26N3O3+. The third-order valence-corrected chi connectivity index (χ3v) is 5.17. The highest BCUT2D eigenvalue weighted by atomic mass is 16.3. The lowest BCUT2D eigenvalue weighted by Crippen LogP contribution is -3.19. The highest BCUT2D eigenvalue weighted by Gasteiger charge is 2.29. The normalized spacial score (nSPS) is 16.0. The number of carbonyl (C=O) groups excluding carboxylic acids is 2. The Labute approximate surface area is 159 Å². The van der Waals surface area contributed by atoms with Crippen LogP contribution in [-0.2, 0) is 4.79 Å². The molecule has 0 aromatic heterocycles. The number of hydrogen-bond donors (Lipinski definition) is 3. The summed E-state index contributed by atoms with van der Waals surface area (Å²) in [5, 5.41) is 12.9. The molecule has 1 saturated heterocycles. The first-order chi connectivity index (χ1) is 13.0. The van der Waals surface area contributed by atoms with Crippen LogP contribution >= 0.6 is 0 Å². The fraction of sp³-hybridized carbons (Fsp3) is 0.333. The van der Waals surface area contributed by atoms with Crippen molar-refractivity contribution in [2.75, 3.05) is 36.4 Å². The minimum Gasteiger partial charge on any atom is -0.506 e. The SMILES string of the molecule is CC(=O)c1cccc(NC(=O)[C@@H](C)[NH+]2CCN(c3ccccc3O)CC2)c1. The second kappa shape index (κ2) is 8.22. The van der Waals surface area contributed by atoms with E-state index in [1.807, 2.05) is 25.1 Å². The minimum absolute atomic E-state index is 0.0231. The van der Waals surface area contributed by atoms with Crippen LogP contribution in [0.3, 0.4) is 0 Å².